The number of piperidine rings is 1. The number of hydrogen-bond acceptors (Lipinski definition) is 4. The summed E-state index contributed by atoms with van der Waals surface area (Å²) in [7, 11) is 1.68. The lowest BCUT2D eigenvalue weighted by Crippen LogP contribution is -2.51. The van der Waals surface area contributed by atoms with Crippen LogP contribution in [0.3, 0.4) is 0 Å². The van der Waals surface area contributed by atoms with Gasteiger partial charge in [-0.05, 0) is 5.56 Å². The van der Waals surface area contributed by atoms with Gasteiger partial charge in [0.1, 0.15) is 0 Å². The Morgan fingerprint density at radius 3 is 1.62 bits per heavy atom. The Hall–Kier alpha value is -3.08. The van der Waals surface area contributed by atoms with E-state index >= 15 is 0 Å². The SMILES string of the molecule is COCCN1CC(C(=O)c2ccccc2)C(c2ccccc2)C(C(=O)c2ccccc2)C1. The second kappa shape index (κ2) is 10.5. The zero-order chi connectivity index (χ0) is 22.3. The standard InChI is InChI=1S/C28H29NO3/c1-32-18-17-29-19-24(27(30)22-13-7-3-8-14-22)26(21-11-5-2-6-12-21)25(20-29)28(31)23-15-9-4-10-16-23/h2-16,24-26H,17-20H2,1H3. The molecular weight excluding hydrogens is 398 g/mol. The van der Waals surface area contributed by atoms with Crippen LogP contribution in [0.4, 0.5) is 0 Å². The van der Waals surface area contributed by atoms with E-state index < -0.39 is 0 Å². The zero-order valence-corrected chi connectivity index (χ0v) is 18.4. The normalized spacial score (nSPS) is 21.2. The molecule has 164 valence electrons. The van der Waals surface area contributed by atoms with Gasteiger partial charge in [-0.15, -0.1) is 0 Å². The van der Waals surface area contributed by atoms with Crippen molar-refractivity contribution in [1.82, 2.24) is 4.90 Å². The monoisotopic (exact) mass is 427 g/mol. The van der Waals surface area contributed by atoms with Crippen LogP contribution in [0.5, 0.6) is 0 Å². The lowest BCUT2D eigenvalue weighted by atomic mass is 9.68. The smallest absolute Gasteiger partial charge is 0.167 e. The highest BCUT2D eigenvalue weighted by Crippen LogP contribution is 2.40. The van der Waals surface area contributed by atoms with Gasteiger partial charge in [0, 0.05) is 55.6 Å². The van der Waals surface area contributed by atoms with E-state index in [2.05, 4.69) is 4.90 Å². The van der Waals surface area contributed by atoms with Crippen LogP contribution in [0.15, 0.2) is 91.0 Å². The average molecular weight is 428 g/mol. The molecule has 0 aliphatic carbocycles. The lowest BCUT2D eigenvalue weighted by molar-refractivity contribution is 0.0498. The number of methoxy groups -OCH3 is 1. The fourth-order valence-electron chi connectivity index (χ4n) is 4.81. The zero-order valence-electron chi connectivity index (χ0n) is 18.4. The van der Waals surface area contributed by atoms with Crippen LogP contribution in [-0.2, 0) is 4.74 Å². The van der Waals surface area contributed by atoms with E-state index in [1.807, 2.05) is 91.0 Å². The van der Waals surface area contributed by atoms with Crippen LogP contribution < -0.4 is 0 Å². The van der Waals surface area contributed by atoms with Gasteiger partial charge in [0.25, 0.3) is 0 Å². The molecule has 0 amide bonds. The molecule has 0 radical (unpaired) electrons. The maximum absolute atomic E-state index is 13.7. The van der Waals surface area contributed by atoms with Crippen molar-refractivity contribution in [2.45, 2.75) is 5.92 Å². The predicted octanol–water partition coefficient (Wildman–Crippen LogP) is 4.73. The second-order valence-electron chi connectivity index (χ2n) is 8.36. The fraction of sp³-hybridized carbons (Fsp3) is 0.286. The molecule has 0 aromatic heterocycles. The molecule has 4 heteroatoms. The molecule has 0 bridgehead atoms. The predicted molar refractivity (Wildman–Crippen MR) is 126 cm³/mol. The van der Waals surface area contributed by atoms with Crippen molar-refractivity contribution in [1.29, 1.82) is 0 Å². The van der Waals surface area contributed by atoms with Crippen LogP contribution >= 0.6 is 0 Å². The summed E-state index contributed by atoms with van der Waals surface area (Å²) >= 11 is 0. The van der Waals surface area contributed by atoms with Gasteiger partial charge in [-0.25, -0.2) is 0 Å². The van der Waals surface area contributed by atoms with Gasteiger partial charge in [-0.2, -0.15) is 0 Å². The molecule has 3 aromatic rings. The number of ether oxygens (including phenoxy) is 1. The quantitative estimate of drug-likeness (QED) is 0.488. The Bertz CT molecular complexity index is 959. The van der Waals surface area contributed by atoms with Crippen LogP contribution in [0.25, 0.3) is 0 Å². The summed E-state index contributed by atoms with van der Waals surface area (Å²) in [5, 5.41) is 0. The van der Waals surface area contributed by atoms with Crippen LogP contribution in [0.2, 0.25) is 0 Å². The maximum Gasteiger partial charge on any atom is 0.167 e. The van der Waals surface area contributed by atoms with E-state index in [1.54, 1.807) is 7.11 Å². The van der Waals surface area contributed by atoms with Crippen molar-refractivity contribution < 1.29 is 14.3 Å². The topological polar surface area (TPSA) is 46.6 Å². The summed E-state index contributed by atoms with van der Waals surface area (Å²) in [4.78, 5) is 29.7. The third-order valence-corrected chi connectivity index (χ3v) is 6.36. The number of hydrogen-bond donors (Lipinski definition) is 0. The first-order chi connectivity index (χ1) is 15.7. The van der Waals surface area contributed by atoms with Crippen molar-refractivity contribution in [3.8, 4) is 0 Å². The van der Waals surface area contributed by atoms with Gasteiger partial charge in [0.2, 0.25) is 0 Å². The third-order valence-electron chi connectivity index (χ3n) is 6.36. The highest BCUT2D eigenvalue weighted by atomic mass is 16.5. The number of Topliss-reactive ketones (excluding diaryl/α,β-unsaturated/α-hetero) is 2. The number of ketones is 2. The van der Waals surface area contributed by atoms with Gasteiger partial charge < -0.3 is 4.74 Å². The van der Waals surface area contributed by atoms with Gasteiger partial charge in [0.15, 0.2) is 11.6 Å². The molecule has 2 atom stereocenters. The summed E-state index contributed by atoms with van der Waals surface area (Å²) < 4.78 is 5.31. The first-order valence-electron chi connectivity index (χ1n) is 11.1. The largest absolute Gasteiger partial charge is 0.383 e. The van der Waals surface area contributed by atoms with E-state index in [9.17, 15) is 9.59 Å². The van der Waals surface area contributed by atoms with E-state index in [0.29, 0.717) is 37.4 Å². The molecule has 0 saturated carbocycles. The molecule has 32 heavy (non-hydrogen) atoms. The Morgan fingerprint density at radius 1 is 0.750 bits per heavy atom. The number of rotatable bonds is 8. The van der Waals surface area contributed by atoms with E-state index in [1.165, 1.54) is 0 Å². The molecule has 0 N–H and O–H groups in total. The summed E-state index contributed by atoms with van der Waals surface area (Å²) in [6, 6.07) is 28.9. The molecule has 1 aliphatic heterocycles. The number of carbonyl (C=O) groups is 2. The number of nitrogens with zero attached hydrogens (tertiary/aromatic N) is 1. The average Bonchev–Trinajstić information content (AvgIpc) is 2.87. The van der Waals surface area contributed by atoms with Gasteiger partial charge in [-0.3, -0.25) is 14.5 Å². The lowest BCUT2D eigenvalue weighted by Gasteiger charge is -2.43. The van der Waals surface area contributed by atoms with Crippen molar-refractivity contribution in [2.75, 3.05) is 33.4 Å². The Labute approximate surface area is 189 Å². The summed E-state index contributed by atoms with van der Waals surface area (Å²) in [5.41, 5.74) is 2.43. The van der Waals surface area contributed by atoms with Crippen LogP contribution in [0, 0.1) is 11.8 Å². The molecule has 1 fully saturated rings. The molecule has 4 nitrogen and oxygen atoms in total. The van der Waals surface area contributed by atoms with E-state index in [0.717, 1.165) is 5.56 Å². The van der Waals surface area contributed by atoms with Crippen molar-refractivity contribution in [3.63, 3.8) is 0 Å². The minimum atomic E-state index is -0.317. The fourth-order valence-corrected chi connectivity index (χ4v) is 4.81. The van der Waals surface area contributed by atoms with Gasteiger partial charge >= 0.3 is 0 Å². The van der Waals surface area contributed by atoms with Gasteiger partial charge in [-0.1, -0.05) is 91.0 Å². The summed E-state index contributed by atoms with van der Waals surface area (Å²) in [6.07, 6.45) is 0. The van der Waals surface area contributed by atoms with Crippen molar-refractivity contribution in [3.05, 3.63) is 108 Å². The first-order valence-corrected chi connectivity index (χ1v) is 11.1. The van der Waals surface area contributed by atoms with Gasteiger partial charge in [0.05, 0.1) is 6.61 Å². The van der Waals surface area contributed by atoms with Crippen molar-refractivity contribution >= 4 is 11.6 Å². The Balaban J connectivity index is 1.77. The van der Waals surface area contributed by atoms with E-state index in [4.69, 9.17) is 4.74 Å². The Morgan fingerprint density at radius 2 is 1.19 bits per heavy atom. The number of carbonyl (C=O) groups excluding carboxylic acids is 2. The second-order valence-corrected chi connectivity index (χ2v) is 8.36. The number of likely N-dealkylation sites (tertiary alicyclic amines) is 1. The molecule has 4 rings (SSSR count). The number of benzene rings is 3. The summed E-state index contributed by atoms with van der Waals surface area (Å²) in [6.45, 7) is 2.47. The molecule has 1 aliphatic rings. The molecule has 3 aromatic carbocycles. The minimum Gasteiger partial charge on any atom is -0.383 e. The molecular formula is C28H29NO3. The van der Waals surface area contributed by atoms with Crippen LogP contribution in [-0.4, -0.2) is 49.8 Å². The third kappa shape index (κ3) is 4.87. The summed E-state index contributed by atoms with van der Waals surface area (Å²) in [5.74, 6) is -0.638. The highest BCUT2D eigenvalue weighted by molar-refractivity contribution is 6.02. The molecule has 2 unspecified atom stereocenters. The molecule has 0 spiro atoms. The first kappa shape index (κ1) is 22.1. The maximum atomic E-state index is 13.7. The highest BCUT2D eigenvalue weighted by Gasteiger charge is 2.44. The Kier molecular flexibility index (Phi) is 7.25. The van der Waals surface area contributed by atoms with Crippen molar-refractivity contribution in [2.24, 2.45) is 11.8 Å². The minimum absolute atomic E-state index is 0.0902. The van der Waals surface area contributed by atoms with E-state index in [-0.39, 0.29) is 29.3 Å². The molecule has 1 saturated heterocycles. The molecule has 1 heterocycles. The van der Waals surface area contributed by atoms with Crippen LogP contribution in [0.1, 0.15) is 32.2 Å².